The van der Waals surface area contributed by atoms with Crippen molar-refractivity contribution in [1.29, 1.82) is 0 Å². The van der Waals surface area contributed by atoms with Gasteiger partial charge in [0, 0.05) is 5.02 Å². The summed E-state index contributed by atoms with van der Waals surface area (Å²) < 4.78 is 31.8. The second-order valence-electron chi connectivity index (χ2n) is 7.61. The number of benzene rings is 2. The molecule has 2 unspecified atom stereocenters. The van der Waals surface area contributed by atoms with Gasteiger partial charge in [-0.1, -0.05) is 43.6 Å². The highest BCUT2D eigenvalue weighted by Gasteiger charge is 2.32. The summed E-state index contributed by atoms with van der Waals surface area (Å²) in [6, 6.07) is 9.60. The van der Waals surface area contributed by atoms with Crippen LogP contribution in [0.15, 0.2) is 36.4 Å². The molecule has 0 aliphatic carbocycles. The highest BCUT2D eigenvalue weighted by atomic mass is 35.5. The van der Waals surface area contributed by atoms with Gasteiger partial charge in [0.1, 0.15) is 11.8 Å². The van der Waals surface area contributed by atoms with Crippen LogP contribution in [0.1, 0.15) is 49.4 Å². The molecule has 170 valence electrons. The Hall–Kier alpha value is -2.25. The van der Waals surface area contributed by atoms with Gasteiger partial charge < -0.3 is 10.1 Å². The first-order chi connectivity index (χ1) is 14.5. The maximum atomic E-state index is 13.3. The summed E-state index contributed by atoms with van der Waals surface area (Å²) in [4.78, 5) is 13.3. The van der Waals surface area contributed by atoms with Gasteiger partial charge in [0.25, 0.3) is 0 Å². The van der Waals surface area contributed by atoms with E-state index in [2.05, 4.69) is 5.32 Å². The number of aryl methyl sites for hydroxylation is 2. The van der Waals surface area contributed by atoms with E-state index in [-0.39, 0.29) is 11.9 Å². The minimum atomic E-state index is -3.73. The van der Waals surface area contributed by atoms with Gasteiger partial charge in [-0.15, -0.1) is 0 Å². The maximum absolute atomic E-state index is 13.3. The number of hydrogen-bond donors (Lipinski definition) is 1. The van der Waals surface area contributed by atoms with Crippen molar-refractivity contribution in [2.24, 2.45) is 0 Å². The van der Waals surface area contributed by atoms with Gasteiger partial charge in [0.15, 0.2) is 0 Å². The number of anilines is 1. The van der Waals surface area contributed by atoms with Crippen LogP contribution in [0.25, 0.3) is 0 Å². The zero-order valence-electron chi connectivity index (χ0n) is 18.9. The van der Waals surface area contributed by atoms with E-state index >= 15 is 0 Å². The van der Waals surface area contributed by atoms with Crippen molar-refractivity contribution < 1.29 is 17.9 Å². The smallest absolute Gasteiger partial charge is 0.244 e. The number of hydrogen-bond acceptors (Lipinski definition) is 4. The molecule has 2 rings (SSSR count). The topological polar surface area (TPSA) is 75.7 Å². The third kappa shape index (κ3) is 5.92. The lowest BCUT2D eigenvalue weighted by Crippen LogP contribution is -2.50. The number of sulfonamides is 1. The van der Waals surface area contributed by atoms with Crippen LogP contribution in [0, 0.1) is 13.8 Å². The average molecular weight is 467 g/mol. The summed E-state index contributed by atoms with van der Waals surface area (Å²) >= 11 is 6.23. The molecule has 2 atom stereocenters. The number of carbonyl (C=O) groups excluding carboxylic acids is 1. The molecule has 6 nitrogen and oxygen atoms in total. The predicted octanol–water partition coefficient (Wildman–Crippen LogP) is 4.78. The fourth-order valence-corrected chi connectivity index (χ4v) is 4.96. The van der Waals surface area contributed by atoms with Crippen LogP contribution in [0.4, 0.5) is 5.69 Å². The van der Waals surface area contributed by atoms with E-state index in [1.807, 2.05) is 39.0 Å². The fraction of sp³-hybridized carbons (Fsp3) is 0.435. The number of rotatable bonds is 9. The molecular formula is C23H31ClN2O4S. The van der Waals surface area contributed by atoms with E-state index in [1.165, 1.54) is 0 Å². The standard InChI is InChI=1S/C23H31ClN2O4S/c1-7-20(17-10-12-22(30-5)16(4)13-17)25-23(27)21(8-2)26(31(6,28)29)18-11-9-15(3)19(24)14-18/h9-14,20-21H,7-8H2,1-6H3,(H,25,27). The molecule has 0 aliphatic rings. The number of nitrogens with zero attached hydrogens (tertiary/aromatic N) is 1. The van der Waals surface area contributed by atoms with E-state index in [0.717, 1.165) is 33.0 Å². The van der Waals surface area contributed by atoms with Gasteiger partial charge in [0.2, 0.25) is 15.9 Å². The molecular weight excluding hydrogens is 436 g/mol. The van der Waals surface area contributed by atoms with E-state index in [1.54, 1.807) is 32.2 Å². The predicted molar refractivity (Wildman–Crippen MR) is 126 cm³/mol. The number of nitrogens with one attached hydrogen (secondary N) is 1. The SMILES string of the molecule is CCC(NC(=O)C(CC)N(c1ccc(C)c(Cl)c1)S(C)(=O)=O)c1ccc(OC)c(C)c1. The highest BCUT2D eigenvalue weighted by molar-refractivity contribution is 7.92. The van der Waals surface area contributed by atoms with Gasteiger partial charge in [-0.3, -0.25) is 9.10 Å². The van der Waals surface area contributed by atoms with Gasteiger partial charge in [0.05, 0.1) is 25.1 Å². The van der Waals surface area contributed by atoms with Crippen LogP contribution in [-0.4, -0.2) is 33.7 Å². The van der Waals surface area contributed by atoms with Gasteiger partial charge >= 0.3 is 0 Å². The average Bonchev–Trinajstić information content (AvgIpc) is 2.71. The largest absolute Gasteiger partial charge is 0.496 e. The molecule has 2 aromatic rings. The minimum absolute atomic E-state index is 0.255. The molecule has 31 heavy (non-hydrogen) atoms. The summed E-state index contributed by atoms with van der Waals surface area (Å²) in [5, 5.41) is 3.47. The molecule has 0 bridgehead atoms. The van der Waals surface area contributed by atoms with Crippen molar-refractivity contribution in [3.8, 4) is 5.75 Å². The molecule has 0 spiro atoms. The summed E-state index contributed by atoms with van der Waals surface area (Å²) in [6.45, 7) is 7.54. The monoisotopic (exact) mass is 466 g/mol. The molecule has 0 aliphatic heterocycles. The lowest BCUT2D eigenvalue weighted by atomic mass is 10.0. The molecule has 0 radical (unpaired) electrons. The van der Waals surface area contributed by atoms with Crippen LogP contribution in [0.5, 0.6) is 5.75 Å². The Morgan fingerprint density at radius 3 is 2.26 bits per heavy atom. The van der Waals surface area contributed by atoms with Crippen LogP contribution < -0.4 is 14.4 Å². The summed E-state index contributed by atoms with van der Waals surface area (Å²) in [5.74, 6) is 0.417. The number of halogens is 1. The van der Waals surface area contributed by atoms with Crippen LogP contribution >= 0.6 is 11.6 Å². The van der Waals surface area contributed by atoms with Gasteiger partial charge in [-0.2, -0.15) is 0 Å². The molecule has 1 amide bonds. The number of methoxy groups -OCH3 is 1. The third-order valence-electron chi connectivity index (χ3n) is 5.29. The number of ether oxygens (including phenoxy) is 1. The first-order valence-corrected chi connectivity index (χ1v) is 12.5. The Morgan fingerprint density at radius 2 is 1.77 bits per heavy atom. The number of carbonyl (C=O) groups is 1. The maximum Gasteiger partial charge on any atom is 0.244 e. The molecule has 1 N–H and O–H groups in total. The zero-order valence-corrected chi connectivity index (χ0v) is 20.5. The quantitative estimate of drug-likeness (QED) is 0.577. The summed E-state index contributed by atoms with van der Waals surface area (Å²) in [5.41, 5.74) is 3.10. The Morgan fingerprint density at radius 1 is 1.10 bits per heavy atom. The molecule has 0 saturated heterocycles. The van der Waals surface area contributed by atoms with Crippen molar-refractivity contribution in [3.63, 3.8) is 0 Å². The Kier molecular flexibility index (Phi) is 8.37. The Bertz CT molecular complexity index is 1040. The van der Waals surface area contributed by atoms with Crippen molar-refractivity contribution in [3.05, 3.63) is 58.1 Å². The van der Waals surface area contributed by atoms with Crippen LogP contribution in [0.3, 0.4) is 0 Å². The lowest BCUT2D eigenvalue weighted by molar-refractivity contribution is -0.123. The molecule has 0 fully saturated rings. The second kappa shape index (κ2) is 10.4. The summed E-state index contributed by atoms with van der Waals surface area (Å²) in [7, 11) is -2.11. The Labute approximate surface area is 190 Å². The van der Waals surface area contributed by atoms with Crippen LogP contribution in [0.2, 0.25) is 5.02 Å². The van der Waals surface area contributed by atoms with Crippen molar-refractivity contribution >= 4 is 33.2 Å². The molecule has 2 aromatic carbocycles. The first kappa shape index (κ1) is 25.0. The molecule has 0 aromatic heterocycles. The van der Waals surface area contributed by atoms with Crippen molar-refractivity contribution in [1.82, 2.24) is 5.32 Å². The molecule has 8 heteroatoms. The zero-order chi connectivity index (χ0) is 23.3. The molecule has 0 heterocycles. The van der Waals surface area contributed by atoms with E-state index in [9.17, 15) is 13.2 Å². The van der Waals surface area contributed by atoms with E-state index < -0.39 is 16.1 Å². The molecule has 0 saturated carbocycles. The lowest BCUT2D eigenvalue weighted by Gasteiger charge is -2.31. The fourth-order valence-electron chi connectivity index (χ4n) is 3.59. The van der Waals surface area contributed by atoms with E-state index in [0.29, 0.717) is 23.6 Å². The van der Waals surface area contributed by atoms with Crippen molar-refractivity contribution in [2.75, 3.05) is 17.7 Å². The van der Waals surface area contributed by atoms with Crippen molar-refractivity contribution in [2.45, 2.75) is 52.6 Å². The van der Waals surface area contributed by atoms with E-state index in [4.69, 9.17) is 16.3 Å². The third-order valence-corrected chi connectivity index (χ3v) is 6.87. The van der Waals surface area contributed by atoms with Gasteiger partial charge in [-0.05, 0) is 61.6 Å². The second-order valence-corrected chi connectivity index (χ2v) is 9.88. The number of amides is 1. The normalized spacial score (nSPS) is 13.4. The summed E-state index contributed by atoms with van der Waals surface area (Å²) in [6.07, 6.45) is 2.06. The van der Waals surface area contributed by atoms with Gasteiger partial charge in [-0.25, -0.2) is 8.42 Å². The first-order valence-electron chi connectivity index (χ1n) is 10.2. The van der Waals surface area contributed by atoms with Crippen LogP contribution in [-0.2, 0) is 14.8 Å². The Balaban J connectivity index is 2.38. The minimum Gasteiger partial charge on any atom is -0.496 e. The highest BCUT2D eigenvalue weighted by Crippen LogP contribution is 2.29.